The van der Waals surface area contributed by atoms with Crippen molar-refractivity contribution in [3.8, 4) is 5.75 Å². The first-order valence-corrected chi connectivity index (χ1v) is 11.6. The molecular weight excluding hydrogens is 416 g/mol. The summed E-state index contributed by atoms with van der Waals surface area (Å²) in [6.07, 6.45) is 4.89. The lowest BCUT2D eigenvalue weighted by atomic mass is 9.75. The fourth-order valence-corrected chi connectivity index (χ4v) is 5.39. The summed E-state index contributed by atoms with van der Waals surface area (Å²) in [4.78, 5) is 24.9. The molecule has 1 amide bonds. The lowest BCUT2D eigenvalue weighted by molar-refractivity contribution is -0.122. The zero-order valence-corrected chi connectivity index (χ0v) is 18.3. The summed E-state index contributed by atoms with van der Waals surface area (Å²) in [5.74, 6) is 2.77. The van der Waals surface area contributed by atoms with Gasteiger partial charge in [-0.05, 0) is 49.8 Å². The molecule has 8 nitrogen and oxygen atoms in total. The average molecular weight is 443 g/mol. The van der Waals surface area contributed by atoms with E-state index in [2.05, 4.69) is 15.5 Å². The second-order valence-electron chi connectivity index (χ2n) is 7.97. The Morgan fingerprint density at radius 3 is 2.94 bits per heavy atom. The summed E-state index contributed by atoms with van der Waals surface area (Å²) in [6.45, 7) is 2.19. The fraction of sp³-hybridized carbons (Fsp3) is 0.455. The van der Waals surface area contributed by atoms with Crippen LogP contribution in [0.15, 0.2) is 39.7 Å². The molecule has 1 aliphatic heterocycles. The summed E-state index contributed by atoms with van der Waals surface area (Å²) in [5.41, 5.74) is -0.316. The fourth-order valence-electron chi connectivity index (χ4n) is 4.11. The van der Waals surface area contributed by atoms with Crippen LogP contribution in [0, 0.1) is 6.92 Å². The van der Waals surface area contributed by atoms with Gasteiger partial charge in [-0.1, -0.05) is 6.07 Å². The largest absolute Gasteiger partial charge is 0.502 e. The molecule has 4 heterocycles. The number of aromatic nitrogens is 3. The molecule has 0 unspecified atom stereocenters. The highest BCUT2D eigenvalue weighted by Crippen LogP contribution is 2.43. The number of nitrogens with one attached hydrogen (secondary N) is 1. The SMILES string of the molecule is Cc1cc(=O)c(O)c(C2(CC(=O)NCCCc3nnc4ccccn34)CCSCC2)o1. The van der Waals surface area contributed by atoms with Gasteiger partial charge in [0.05, 0.1) is 0 Å². The summed E-state index contributed by atoms with van der Waals surface area (Å²) in [5, 5.41) is 21.7. The Bertz CT molecular complexity index is 1130. The maximum absolute atomic E-state index is 12.8. The molecule has 3 aromatic heterocycles. The number of thioether (sulfide) groups is 1. The second kappa shape index (κ2) is 9.13. The number of hydrogen-bond donors (Lipinski definition) is 2. The van der Waals surface area contributed by atoms with Crippen molar-refractivity contribution in [2.75, 3.05) is 18.1 Å². The number of fused-ring (bicyclic) bond motifs is 1. The standard InChI is InChI=1S/C22H26N4O4S/c1-15-13-16(27)20(29)21(30-15)22(7-11-31-12-8-22)14-19(28)23-9-4-6-18-25-24-17-5-2-3-10-26(17)18/h2-3,5,10,13,29H,4,6-9,11-12,14H2,1H3,(H,23,28). The molecule has 3 aromatic rings. The van der Waals surface area contributed by atoms with Crippen LogP contribution in [0.1, 0.15) is 43.0 Å². The predicted molar refractivity (Wildman–Crippen MR) is 119 cm³/mol. The van der Waals surface area contributed by atoms with Crippen molar-refractivity contribution in [1.29, 1.82) is 0 Å². The average Bonchev–Trinajstić information content (AvgIpc) is 3.17. The molecule has 0 spiro atoms. The molecule has 2 N–H and O–H groups in total. The number of carbonyl (C=O) groups is 1. The number of rotatable bonds is 7. The molecule has 0 atom stereocenters. The summed E-state index contributed by atoms with van der Waals surface area (Å²) >= 11 is 1.81. The summed E-state index contributed by atoms with van der Waals surface area (Å²) in [6, 6.07) is 7.03. The first kappa shape index (κ1) is 21.4. The van der Waals surface area contributed by atoms with E-state index in [0.29, 0.717) is 31.6 Å². The number of aryl methyl sites for hydroxylation is 2. The Balaban J connectivity index is 1.40. The van der Waals surface area contributed by atoms with Crippen LogP contribution in [0.2, 0.25) is 0 Å². The van der Waals surface area contributed by atoms with Crippen LogP contribution in [-0.4, -0.2) is 43.7 Å². The van der Waals surface area contributed by atoms with Crippen molar-refractivity contribution in [2.24, 2.45) is 0 Å². The van der Waals surface area contributed by atoms with Gasteiger partial charge in [-0.25, -0.2) is 0 Å². The highest BCUT2D eigenvalue weighted by molar-refractivity contribution is 7.99. The molecule has 0 aromatic carbocycles. The maximum atomic E-state index is 12.8. The Labute approximate surface area is 184 Å². The van der Waals surface area contributed by atoms with E-state index in [9.17, 15) is 14.7 Å². The van der Waals surface area contributed by atoms with E-state index in [1.165, 1.54) is 6.07 Å². The minimum atomic E-state index is -0.659. The van der Waals surface area contributed by atoms with Gasteiger partial charge in [-0.2, -0.15) is 11.8 Å². The topological polar surface area (TPSA) is 110 Å². The third-order valence-electron chi connectivity index (χ3n) is 5.76. The highest BCUT2D eigenvalue weighted by Gasteiger charge is 2.41. The molecule has 0 saturated carbocycles. The van der Waals surface area contributed by atoms with Gasteiger partial charge in [0, 0.05) is 37.1 Å². The van der Waals surface area contributed by atoms with Crippen molar-refractivity contribution in [3.05, 3.63) is 58.0 Å². The number of aromatic hydroxyl groups is 1. The quantitative estimate of drug-likeness (QED) is 0.541. The highest BCUT2D eigenvalue weighted by atomic mass is 32.2. The van der Waals surface area contributed by atoms with Crippen molar-refractivity contribution in [3.63, 3.8) is 0 Å². The molecule has 31 heavy (non-hydrogen) atoms. The van der Waals surface area contributed by atoms with Crippen LogP contribution in [0.25, 0.3) is 5.65 Å². The van der Waals surface area contributed by atoms with Crippen molar-refractivity contribution in [1.82, 2.24) is 19.9 Å². The van der Waals surface area contributed by atoms with Crippen LogP contribution in [0.5, 0.6) is 5.75 Å². The third-order valence-corrected chi connectivity index (χ3v) is 6.75. The summed E-state index contributed by atoms with van der Waals surface area (Å²) in [7, 11) is 0. The van der Waals surface area contributed by atoms with Gasteiger partial charge in [-0.15, -0.1) is 10.2 Å². The van der Waals surface area contributed by atoms with Crippen LogP contribution in [0.4, 0.5) is 0 Å². The van der Waals surface area contributed by atoms with Gasteiger partial charge in [0.1, 0.15) is 11.6 Å². The predicted octanol–water partition coefficient (Wildman–Crippen LogP) is 2.60. The maximum Gasteiger partial charge on any atom is 0.227 e. The second-order valence-corrected chi connectivity index (χ2v) is 9.19. The number of pyridine rings is 1. The number of carbonyl (C=O) groups excluding carboxylic acids is 1. The molecule has 1 saturated heterocycles. The van der Waals surface area contributed by atoms with Crippen molar-refractivity contribution < 1.29 is 14.3 Å². The minimum Gasteiger partial charge on any atom is -0.502 e. The zero-order chi connectivity index (χ0) is 21.8. The van der Waals surface area contributed by atoms with Crippen LogP contribution in [0.3, 0.4) is 0 Å². The molecule has 9 heteroatoms. The van der Waals surface area contributed by atoms with Gasteiger partial charge in [0.15, 0.2) is 11.4 Å². The number of nitrogens with zero attached hydrogens (tertiary/aromatic N) is 3. The molecular formula is C22H26N4O4S. The monoisotopic (exact) mass is 442 g/mol. The van der Waals surface area contributed by atoms with E-state index in [1.807, 2.05) is 28.8 Å². The molecule has 0 aliphatic carbocycles. The smallest absolute Gasteiger partial charge is 0.227 e. The van der Waals surface area contributed by atoms with E-state index in [4.69, 9.17) is 4.42 Å². The Morgan fingerprint density at radius 2 is 2.13 bits per heavy atom. The lowest BCUT2D eigenvalue weighted by Gasteiger charge is -2.35. The molecule has 0 bridgehead atoms. The third kappa shape index (κ3) is 4.61. The Hall–Kier alpha value is -2.81. The number of hydrogen-bond acceptors (Lipinski definition) is 7. The minimum absolute atomic E-state index is 0.110. The van der Waals surface area contributed by atoms with E-state index in [-0.39, 0.29) is 23.8 Å². The molecule has 4 rings (SSSR count). The number of amides is 1. The molecule has 1 aliphatic rings. The van der Waals surface area contributed by atoms with Crippen LogP contribution in [-0.2, 0) is 16.6 Å². The Morgan fingerprint density at radius 1 is 1.32 bits per heavy atom. The molecule has 1 fully saturated rings. The van der Waals surface area contributed by atoms with Crippen LogP contribution >= 0.6 is 11.8 Å². The zero-order valence-electron chi connectivity index (χ0n) is 17.5. The first-order valence-electron chi connectivity index (χ1n) is 10.5. The molecule has 0 radical (unpaired) electrons. The lowest BCUT2D eigenvalue weighted by Crippen LogP contribution is -2.38. The van der Waals surface area contributed by atoms with E-state index in [1.54, 1.807) is 18.7 Å². The van der Waals surface area contributed by atoms with E-state index < -0.39 is 10.8 Å². The Kier molecular flexibility index (Phi) is 6.31. The van der Waals surface area contributed by atoms with E-state index in [0.717, 1.165) is 29.4 Å². The van der Waals surface area contributed by atoms with E-state index >= 15 is 0 Å². The first-order chi connectivity index (χ1) is 15.0. The van der Waals surface area contributed by atoms with Gasteiger partial charge in [0.2, 0.25) is 17.1 Å². The van der Waals surface area contributed by atoms with Crippen molar-refractivity contribution >= 4 is 23.3 Å². The molecule has 164 valence electrons. The van der Waals surface area contributed by atoms with Gasteiger partial charge >= 0.3 is 0 Å². The van der Waals surface area contributed by atoms with Crippen LogP contribution < -0.4 is 10.7 Å². The van der Waals surface area contributed by atoms with Gasteiger partial charge in [0.25, 0.3) is 0 Å². The van der Waals surface area contributed by atoms with Crippen molar-refractivity contribution in [2.45, 2.75) is 44.4 Å². The van der Waals surface area contributed by atoms with Gasteiger partial charge < -0.3 is 14.8 Å². The van der Waals surface area contributed by atoms with Gasteiger partial charge in [-0.3, -0.25) is 14.0 Å². The summed E-state index contributed by atoms with van der Waals surface area (Å²) < 4.78 is 7.73. The normalized spacial score (nSPS) is 15.8.